The van der Waals surface area contributed by atoms with Crippen LogP contribution in [0.15, 0.2) is 6.33 Å². The van der Waals surface area contributed by atoms with E-state index < -0.39 is 5.97 Å². The summed E-state index contributed by atoms with van der Waals surface area (Å²) in [5.41, 5.74) is 0. The Morgan fingerprint density at radius 1 is 1.59 bits per heavy atom. The summed E-state index contributed by atoms with van der Waals surface area (Å²) < 4.78 is 1.82. The fourth-order valence-corrected chi connectivity index (χ4v) is 1.74. The van der Waals surface area contributed by atoms with Gasteiger partial charge in [-0.25, -0.2) is 9.67 Å². The number of aliphatic carboxylic acids is 1. The molecule has 17 heavy (non-hydrogen) atoms. The SMILES string of the molecule is CCCN(CC(=O)O)Cc1ncnn1C(C)C. The van der Waals surface area contributed by atoms with E-state index in [1.165, 1.54) is 6.33 Å². The number of rotatable bonds is 7. The summed E-state index contributed by atoms with van der Waals surface area (Å²) >= 11 is 0. The van der Waals surface area contributed by atoms with Crippen molar-refractivity contribution in [2.75, 3.05) is 13.1 Å². The second kappa shape index (κ2) is 6.34. The molecule has 0 radical (unpaired) electrons. The quantitative estimate of drug-likeness (QED) is 0.774. The Hall–Kier alpha value is -1.43. The molecule has 0 saturated carbocycles. The third kappa shape index (κ3) is 4.14. The molecule has 0 amide bonds. The Labute approximate surface area is 101 Å². The van der Waals surface area contributed by atoms with Crippen molar-refractivity contribution in [1.82, 2.24) is 19.7 Å². The molecule has 1 N–H and O–H groups in total. The lowest BCUT2D eigenvalue weighted by atomic mass is 10.3. The molecule has 1 heterocycles. The predicted molar refractivity (Wildman–Crippen MR) is 63.6 cm³/mol. The molecule has 6 heteroatoms. The zero-order valence-electron chi connectivity index (χ0n) is 10.6. The summed E-state index contributed by atoms with van der Waals surface area (Å²) in [6.07, 6.45) is 2.43. The van der Waals surface area contributed by atoms with E-state index in [2.05, 4.69) is 10.1 Å². The van der Waals surface area contributed by atoms with Gasteiger partial charge in [0.15, 0.2) is 0 Å². The lowest BCUT2D eigenvalue weighted by molar-refractivity contribution is -0.138. The van der Waals surface area contributed by atoms with Gasteiger partial charge in [-0.2, -0.15) is 5.10 Å². The van der Waals surface area contributed by atoms with Gasteiger partial charge in [0.2, 0.25) is 0 Å². The molecular weight excluding hydrogens is 220 g/mol. The average Bonchev–Trinajstić information content (AvgIpc) is 2.65. The minimum absolute atomic E-state index is 0.0405. The predicted octanol–water partition coefficient (Wildman–Crippen LogP) is 1.16. The van der Waals surface area contributed by atoms with Crippen molar-refractivity contribution in [3.05, 3.63) is 12.2 Å². The topological polar surface area (TPSA) is 71.2 Å². The Morgan fingerprint density at radius 3 is 2.82 bits per heavy atom. The van der Waals surface area contributed by atoms with Crippen LogP contribution in [0.5, 0.6) is 0 Å². The average molecular weight is 240 g/mol. The number of hydrogen-bond donors (Lipinski definition) is 1. The summed E-state index contributed by atoms with van der Waals surface area (Å²) in [6.45, 7) is 7.40. The fourth-order valence-electron chi connectivity index (χ4n) is 1.74. The van der Waals surface area contributed by atoms with Crippen LogP contribution in [0.25, 0.3) is 0 Å². The van der Waals surface area contributed by atoms with Crippen molar-refractivity contribution in [3.63, 3.8) is 0 Å². The number of carbonyl (C=O) groups is 1. The molecule has 0 saturated heterocycles. The monoisotopic (exact) mass is 240 g/mol. The largest absolute Gasteiger partial charge is 0.480 e. The number of carboxylic acids is 1. The van der Waals surface area contributed by atoms with Crippen molar-refractivity contribution in [1.29, 1.82) is 0 Å². The Kier molecular flexibility index (Phi) is 5.09. The van der Waals surface area contributed by atoms with Crippen LogP contribution in [-0.2, 0) is 11.3 Å². The molecule has 0 aliphatic heterocycles. The maximum absolute atomic E-state index is 10.7. The normalized spacial score (nSPS) is 11.4. The standard InChI is InChI=1S/C11H20N4O2/c1-4-5-14(7-11(16)17)6-10-12-8-13-15(10)9(2)3/h8-9H,4-7H2,1-3H3,(H,16,17). The van der Waals surface area contributed by atoms with E-state index in [1.54, 1.807) is 0 Å². The van der Waals surface area contributed by atoms with Crippen LogP contribution in [0.3, 0.4) is 0 Å². The molecule has 0 aliphatic rings. The highest BCUT2D eigenvalue weighted by atomic mass is 16.4. The van der Waals surface area contributed by atoms with Crippen LogP contribution in [0, 0.1) is 0 Å². The molecule has 0 spiro atoms. The van der Waals surface area contributed by atoms with Crippen molar-refractivity contribution in [2.24, 2.45) is 0 Å². The third-order valence-corrected chi connectivity index (χ3v) is 2.40. The van der Waals surface area contributed by atoms with Crippen molar-refractivity contribution in [3.8, 4) is 0 Å². The van der Waals surface area contributed by atoms with Gasteiger partial charge in [0, 0.05) is 6.04 Å². The van der Waals surface area contributed by atoms with E-state index in [0.717, 1.165) is 18.8 Å². The summed E-state index contributed by atoms with van der Waals surface area (Å²) in [5, 5.41) is 13.0. The number of hydrogen-bond acceptors (Lipinski definition) is 4. The van der Waals surface area contributed by atoms with E-state index in [0.29, 0.717) is 6.54 Å². The van der Waals surface area contributed by atoms with Crippen LogP contribution in [0.2, 0.25) is 0 Å². The Morgan fingerprint density at radius 2 is 2.29 bits per heavy atom. The Bertz CT molecular complexity index is 362. The van der Waals surface area contributed by atoms with Crippen LogP contribution in [-0.4, -0.2) is 43.8 Å². The van der Waals surface area contributed by atoms with Crippen LogP contribution < -0.4 is 0 Å². The maximum atomic E-state index is 10.7. The highest BCUT2D eigenvalue weighted by Crippen LogP contribution is 2.08. The van der Waals surface area contributed by atoms with Gasteiger partial charge in [0.05, 0.1) is 13.1 Å². The molecule has 0 bridgehead atoms. The van der Waals surface area contributed by atoms with Crippen LogP contribution in [0.4, 0.5) is 0 Å². The highest BCUT2D eigenvalue weighted by Gasteiger charge is 2.14. The minimum atomic E-state index is -0.811. The van der Waals surface area contributed by atoms with Crippen molar-refractivity contribution >= 4 is 5.97 Å². The summed E-state index contributed by atoms with van der Waals surface area (Å²) in [4.78, 5) is 16.8. The molecule has 0 unspecified atom stereocenters. The lowest BCUT2D eigenvalue weighted by Crippen LogP contribution is -2.31. The summed E-state index contributed by atoms with van der Waals surface area (Å²) in [6, 6.07) is 0.237. The molecule has 1 aromatic rings. The zero-order valence-corrected chi connectivity index (χ0v) is 10.6. The fraction of sp³-hybridized carbons (Fsp3) is 0.727. The highest BCUT2D eigenvalue weighted by molar-refractivity contribution is 5.69. The molecule has 1 rings (SSSR count). The molecule has 0 aliphatic carbocycles. The Balaban J connectivity index is 2.71. The molecule has 0 aromatic carbocycles. The number of aromatic nitrogens is 3. The van der Waals surface area contributed by atoms with Gasteiger partial charge in [0.1, 0.15) is 12.2 Å². The molecule has 6 nitrogen and oxygen atoms in total. The van der Waals surface area contributed by atoms with Gasteiger partial charge in [-0.1, -0.05) is 6.92 Å². The molecule has 0 atom stereocenters. The first-order valence-corrected chi connectivity index (χ1v) is 5.87. The van der Waals surface area contributed by atoms with Gasteiger partial charge in [-0.15, -0.1) is 0 Å². The number of nitrogens with zero attached hydrogens (tertiary/aromatic N) is 4. The first-order chi connectivity index (χ1) is 8.04. The second-order valence-electron chi connectivity index (χ2n) is 4.32. The van der Waals surface area contributed by atoms with E-state index in [4.69, 9.17) is 5.11 Å². The zero-order chi connectivity index (χ0) is 12.8. The molecule has 96 valence electrons. The van der Waals surface area contributed by atoms with Gasteiger partial charge < -0.3 is 5.11 Å². The van der Waals surface area contributed by atoms with E-state index in [1.807, 2.05) is 30.4 Å². The first kappa shape index (κ1) is 13.6. The maximum Gasteiger partial charge on any atom is 0.317 e. The smallest absolute Gasteiger partial charge is 0.317 e. The number of carboxylic acid groups (broad SMARTS) is 1. The van der Waals surface area contributed by atoms with Crippen molar-refractivity contribution < 1.29 is 9.90 Å². The van der Waals surface area contributed by atoms with E-state index >= 15 is 0 Å². The third-order valence-electron chi connectivity index (χ3n) is 2.40. The second-order valence-corrected chi connectivity index (χ2v) is 4.32. The lowest BCUT2D eigenvalue weighted by Gasteiger charge is -2.19. The minimum Gasteiger partial charge on any atom is -0.480 e. The molecule has 0 fully saturated rings. The summed E-state index contributed by atoms with van der Waals surface area (Å²) in [5.74, 6) is 0.00348. The van der Waals surface area contributed by atoms with Gasteiger partial charge in [-0.05, 0) is 26.8 Å². The van der Waals surface area contributed by atoms with E-state index in [-0.39, 0.29) is 12.6 Å². The van der Waals surface area contributed by atoms with Crippen LogP contribution >= 0.6 is 0 Å². The van der Waals surface area contributed by atoms with Gasteiger partial charge in [-0.3, -0.25) is 9.69 Å². The van der Waals surface area contributed by atoms with Crippen LogP contribution in [0.1, 0.15) is 39.1 Å². The van der Waals surface area contributed by atoms with Gasteiger partial charge >= 0.3 is 5.97 Å². The van der Waals surface area contributed by atoms with E-state index in [9.17, 15) is 4.79 Å². The molecular formula is C11H20N4O2. The van der Waals surface area contributed by atoms with Gasteiger partial charge in [0.25, 0.3) is 0 Å². The summed E-state index contributed by atoms with van der Waals surface area (Å²) in [7, 11) is 0. The van der Waals surface area contributed by atoms with Crippen molar-refractivity contribution in [2.45, 2.75) is 39.8 Å². The first-order valence-electron chi connectivity index (χ1n) is 5.87. The molecule has 1 aromatic heterocycles.